The number of nitrogens with zero attached hydrogens (tertiary/aromatic N) is 8. The summed E-state index contributed by atoms with van der Waals surface area (Å²) < 4.78 is 5.97. The molecular weight excluding hydrogens is 592 g/mol. The number of hydrogen-bond donors (Lipinski definition) is 0. The van der Waals surface area contributed by atoms with E-state index in [1.807, 2.05) is 35.9 Å². The van der Waals surface area contributed by atoms with Gasteiger partial charge in [0.1, 0.15) is 11.4 Å². The zero-order chi connectivity index (χ0) is 32.5. The maximum atomic E-state index is 4.77. The second-order valence-corrected chi connectivity index (χ2v) is 12.0. The van der Waals surface area contributed by atoms with Gasteiger partial charge in [-0.1, -0.05) is 146 Å². The minimum atomic E-state index is -0.835. The van der Waals surface area contributed by atoms with Gasteiger partial charge in [-0.05, 0) is 50.7 Å². The molecule has 8 rings (SSSR count). The van der Waals surface area contributed by atoms with Crippen LogP contribution in [0.1, 0.15) is 40.7 Å². The summed E-state index contributed by atoms with van der Waals surface area (Å²) in [5.74, 6) is 1.69. The number of aryl methyl sites for hydroxylation is 2. The number of rotatable bonds is 9. The minimum absolute atomic E-state index is 0.677. The molecule has 0 atom stereocenters. The van der Waals surface area contributed by atoms with Crippen LogP contribution >= 0.6 is 0 Å². The monoisotopic (exact) mass is 626 g/mol. The fraction of sp³-hybridized carbons (Fsp3) is 0.125. The number of tetrazole rings is 1. The van der Waals surface area contributed by atoms with Gasteiger partial charge in [0.05, 0.1) is 12.2 Å². The quantitative estimate of drug-likeness (QED) is 0.154. The van der Waals surface area contributed by atoms with Gasteiger partial charge in [-0.2, -0.15) is 5.10 Å². The first kappa shape index (κ1) is 29.3. The Morgan fingerprint density at radius 2 is 1.19 bits per heavy atom. The Labute approximate surface area is 278 Å². The molecule has 8 aromatic rings. The van der Waals surface area contributed by atoms with Crippen molar-refractivity contribution in [2.75, 3.05) is 0 Å². The molecule has 234 valence electrons. The standard InChI is InChI=1S/C40H34N8/c1-3-37-43-48-38(27-29(2)42-48)46(37)28-30-23-25-31(26-24-30)35-21-13-14-22-36(35)39-41-44-45-47(39)40(32-15-7-4-8-16-32,33-17-9-5-10-18-33)34-19-11-6-12-20-34/h4-27H,3,28H2,1-2H3. The van der Waals surface area contributed by atoms with Crippen LogP contribution in [0.3, 0.4) is 0 Å². The fourth-order valence-electron chi connectivity index (χ4n) is 6.85. The molecule has 0 N–H and O–H groups in total. The van der Waals surface area contributed by atoms with Crippen LogP contribution in [0.25, 0.3) is 28.2 Å². The Bertz CT molecular complexity index is 2200. The maximum Gasteiger partial charge on any atom is 0.184 e. The molecule has 0 bridgehead atoms. The average molecular weight is 627 g/mol. The molecule has 0 saturated heterocycles. The summed E-state index contributed by atoms with van der Waals surface area (Å²) in [7, 11) is 0. The fourth-order valence-corrected chi connectivity index (χ4v) is 6.85. The Morgan fingerprint density at radius 1 is 0.625 bits per heavy atom. The van der Waals surface area contributed by atoms with Crippen LogP contribution in [-0.4, -0.2) is 39.6 Å². The molecule has 48 heavy (non-hydrogen) atoms. The highest BCUT2D eigenvalue weighted by Crippen LogP contribution is 2.43. The van der Waals surface area contributed by atoms with Crippen LogP contribution < -0.4 is 0 Å². The van der Waals surface area contributed by atoms with Crippen molar-refractivity contribution in [1.29, 1.82) is 0 Å². The van der Waals surface area contributed by atoms with E-state index in [0.717, 1.165) is 57.0 Å². The van der Waals surface area contributed by atoms with Gasteiger partial charge < -0.3 is 4.57 Å². The Hall–Kier alpha value is -6.15. The number of aromatic nitrogens is 8. The molecular formula is C40H34N8. The van der Waals surface area contributed by atoms with Crippen molar-refractivity contribution in [3.05, 3.63) is 179 Å². The molecule has 8 nitrogen and oxygen atoms in total. The van der Waals surface area contributed by atoms with Crippen molar-refractivity contribution >= 4 is 5.65 Å². The van der Waals surface area contributed by atoms with Gasteiger partial charge in [0.2, 0.25) is 0 Å². The van der Waals surface area contributed by atoms with E-state index in [2.05, 4.69) is 143 Å². The molecule has 0 fully saturated rings. The minimum Gasteiger partial charge on any atom is -0.307 e. The van der Waals surface area contributed by atoms with Crippen molar-refractivity contribution in [2.24, 2.45) is 0 Å². The lowest BCUT2D eigenvalue weighted by molar-refractivity contribution is 0.451. The van der Waals surface area contributed by atoms with Gasteiger partial charge in [-0.3, -0.25) is 0 Å². The molecule has 0 aliphatic heterocycles. The summed E-state index contributed by atoms with van der Waals surface area (Å²) in [5.41, 5.74) is 8.58. The predicted octanol–water partition coefficient (Wildman–Crippen LogP) is 7.61. The lowest BCUT2D eigenvalue weighted by Crippen LogP contribution is -2.39. The second-order valence-electron chi connectivity index (χ2n) is 12.0. The molecule has 0 saturated carbocycles. The van der Waals surface area contributed by atoms with E-state index in [4.69, 9.17) is 15.4 Å². The molecule has 0 aliphatic rings. The van der Waals surface area contributed by atoms with E-state index >= 15 is 0 Å². The van der Waals surface area contributed by atoms with Gasteiger partial charge >= 0.3 is 0 Å². The smallest absolute Gasteiger partial charge is 0.184 e. The van der Waals surface area contributed by atoms with Crippen LogP contribution in [0.5, 0.6) is 0 Å². The zero-order valence-electron chi connectivity index (χ0n) is 26.8. The lowest BCUT2D eigenvalue weighted by Gasteiger charge is -2.36. The van der Waals surface area contributed by atoms with Gasteiger partial charge in [-0.25, -0.2) is 4.68 Å². The summed E-state index contributed by atoms with van der Waals surface area (Å²) in [6.45, 7) is 4.84. The molecule has 0 unspecified atom stereocenters. The van der Waals surface area contributed by atoms with Crippen molar-refractivity contribution in [3.8, 4) is 22.5 Å². The first-order valence-corrected chi connectivity index (χ1v) is 16.2. The van der Waals surface area contributed by atoms with Gasteiger partial charge in [-0.15, -0.1) is 14.8 Å². The lowest BCUT2D eigenvalue weighted by atomic mass is 9.77. The van der Waals surface area contributed by atoms with Gasteiger partial charge in [0, 0.05) is 18.1 Å². The van der Waals surface area contributed by atoms with Crippen molar-refractivity contribution in [1.82, 2.24) is 39.6 Å². The van der Waals surface area contributed by atoms with Crippen LogP contribution in [0.2, 0.25) is 0 Å². The van der Waals surface area contributed by atoms with E-state index in [1.54, 1.807) is 4.63 Å². The second kappa shape index (κ2) is 12.2. The maximum absolute atomic E-state index is 4.77. The molecule has 0 spiro atoms. The van der Waals surface area contributed by atoms with E-state index in [1.165, 1.54) is 5.56 Å². The van der Waals surface area contributed by atoms with Crippen LogP contribution in [-0.2, 0) is 18.5 Å². The van der Waals surface area contributed by atoms with Crippen LogP contribution in [0.4, 0.5) is 0 Å². The highest BCUT2D eigenvalue weighted by molar-refractivity contribution is 5.81. The Kier molecular flexibility index (Phi) is 7.45. The molecule has 0 aliphatic carbocycles. The number of benzene rings is 5. The van der Waals surface area contributed by atoms with E-state index in [0.29, 0.717) is 12.4 Å². The normalized spacial score (nSPS) is 11.7. The van der Waals surface area contributed by atoms with Gasteiger partial charge in [0.15, 0.2) is 11.5 Å². The Balaban J connectivity index is 1.25. The summed E-state index contributed by atoms with van der Waals surface area (Å²) in [5, 5.41) is 23.0. The summed E-state index contributed by atoms with van der Waals surface area (Å²) >= 11 is 0. The third-order valence-electron chi connectivity index (χ3n) is 9.05. The molecule has 3 heterocycles. The molecule has 5 aromatic carbocycles. The van der Waals surface area contributed by atoms with E-state index in [9.17, 15) is 0 Å². The zero-order valence-corrected chi connectivity index (χ0v) is 26.8. The van der Waals surface area contributed by atoms with Crippen LogP contribution in [0.15, 0.2) is 146 Å². The first-order valence-electron chi connectivity index (χ1n) is 16.2. The summed E-state index contributed by atoms with van der Waals surface area (Å²) in [6.07, 6.45) is 0.832. The van der Waals surface area contributed by atoms with E-state index in [-0.39, 0.29) is 0 Å². The highest BCUT2D eigenvalue weighted by Gasteiger charge is 2.42. The molecule has 0 amide bonds. The molecule has 8 heteroatoms. The molecule has 0 radical (unpaired) electrons. The average Bonchev–Trinajstić information content (AvgIpc) is 3.86. The third-order valence-corrected chi connectivity index (χ3v) is 9.05. The number of fused-ring (bicyclic) bond motifs is 1. The van der Waals surface area contributed by atoms with Crippen molar-refractivity contribution in [2.45, 2.75) is 32.4 Å². The SMILES string of the molecule is CCc1nn2nc(C)cc2n1Cc1ccc(-c2ccccc2-c2nnnn2C(c2ccccc2)(c2ccccc2)c2ccccc2)cc1. The van der Waals surface area contributed by atoms with Gasteiger partial charge in [0.25, 0.3) is 0 Å². The third kappa shape index (κ3) is 4.89. The largest absolute Gasteiger partial charge is 0.307 e. The van der Waals surface area contributed by atoms with Crippen molar-refractivity contribution in [3.63, 3.8) is 0 Å². The predicted molar refractivity (Wildman–Crippen MR) is 187 cm³/mol. The topological polar surface area (TPSA) is 78.7 Å². The van der Waals surface area contributed by atoms with Crippen LogP contribution in [0, 0.1) is 6.92 Å². The summed E-state index contributed by atoms with van der Waals surface area (Å²) in [6, 6.07) is 50.7. The molecule has 3 aromatic heterocycles. The Morgan fingerprint density at radius 3 is 1.77 bits per heavy atom. The summed E-state index contributed by atoms with van der Waals surface area (Å²) in [4.78, 5) is 0. The van der Waals surface area contributed by atoms with Crippen molar-refractivity contribution < 1.29 is 0 Å². The highest BCUT2D eigenvalue weighted by atomic mass is 15.6. The first-order chi connectivity index (χ1) is 23.7. The number of hydrogen-bond acceptors (Lipinski definition) is 5. The van der Waals surface area contributed by atoms with E-state index < -0.39 is 5.54 Å².